The number of alkyl halides is 9. The van der Waals surface area contributed by atoms with E-state index in [2.05, 4.69) is 0 Å². The second-order valence-corrected chi connectivity index (χ2v) is 3.48. The zero-order chi connectivity index (χ0) is 12.5. The predicted molar refractivity (Wildman–Crippen MR) is 34.4 cm³/mol. The van der Waals surface area contributed by atoms with Crippen LogP contribution in [0.5, 0.6) is 0 Å². The summed E-state index contributed by atoms with van der Waals surface area (Å²) in [6.07, 6.45) is -16.6. The summed E-state index contributed by atoms with van der Waals surface area (Å²) in [7, 11) is 0. The van der Waals surface area contributed by atoms with Gasteiger partial charge in [-0.05, 0) is 0 Å². The molecular weight excluding hydrogens is 263 g/mol. The molecule has 0 nitrogen and oxygen atoms in total. The number of thioether (sulfide) groups is 1. The molecule has 0 radical (unpaired) electrons. The highest BCUT2D eigenvalue weighted by Gasteiger charge is 2.57. The molecule has 0 amide bonds. The number of hydrogen-bond acceptors (Lipinski definition) is 1. The first-order valence-corrected chi connectivity index (χ1v) is 4.20. The smallest absolute Gasteiger partial charge is 0.170 e. The summed E-state index contributed by atoms with van der Waals surface area (Å²) in [5.74, 6) is -2.20. The van der Waals surface area contributed by atoms with Crippen LogP contribution in [0.15, 0.2) is 0 Å². The molecule has 0 heterocycles. The Morgan fingerprint density at radius 3 is 1.27 bits per heavy atom. The molecule has 0 unspecified atom stereocenters. The van der Waals surface area contributed by atoms with Crippen molar-refractivity contribution in [1.82, 2.24) is 0 Å². The van der Waals surface area contributed by atoms with E-state index in [-0.39, 0.29) is 0 Å². The average Bonchev–Trinajstić information content (AvgIpc) is 1.75. The second kappa shape index (κ2) is 4.30. The molecule has 0 spiro atoms. The minimum atomic E-state index is -5.74. The van der Waals surface area contributed by atoms with Gasteiger partial charge in [-0.2, -0.15) is 39.5 Å². The van der Waals surface area contributed by atoms with Crippen LogP contribution in [0.4, 0.5) is 39.5 Å². The van der Waals surface area contributed by atoms with Crippen LogP contribution in [0.1, 0.15) is 0 Å². The Balaban J connectivity index is 4.56. The lowest BCUT2D eigenvalue weighted by Gasteiger charge is -2.22. The van der Waals surface area contributed by atoms with Crippen LogP contribution in [0, 0.1) is 0 Å². The van der Waals surface area contributed by atoms with Crippen molar-refractivity contribution in [2.45, 2.75) is 23.8 Å². The van der Waals surface area contributed by atoms with Crippen molar-refractivity contribution >= 4 is 11.8 Å². The largest absolute Gasteiger partial charge is 0.409 e. The summed E-state index contributed by atoms with van der Waals surface area (Å²) in [4.78, 5) is 0. The quantitative estimate of drug-likeness (QED) is 0.685. The lowest BCUT2D eigenvalue weighted by atomic mass is 10.4. The first-order valence-electron chi connectivity index (χ1n) is 3.16. The molecule has 0 aliphatic carbocycles. The van der Waals surface area contributed by atoms with Gasteiger partial charge in [-0.1, -0.05) is 0 Å². The Morgan fingerprint density at radius 2 is 1.07 bits per heavy atom. The Morgan fingerprint density at radius 1 is 0.733 bits per heavy atom. The maximum Gasteiger partial charge on any atom is 0.409 e. The number of halogens is 9. The normalized spacial score (nSPS) is 14.8. The highest BCUT2D eigenvalue weighted by Crippen LogP contribution is 2.43. The molecule has 0 aromatic heterocycles. The lowest BCUT2D eigenvalue weighted by molar-refractivity contribution is -0.224. The highest BCUT2D eigenvalue weighted by molar-refractivity contribution is 8.00. The van der Waals surface area contributed by atoms with Crippen molar-refractivity contribution in [3.05, 3.63) is 0 Å². The van der Waals surface area contributed by atoms with E-state index < -0.39 is 41.3 Å². The Kier molecular flexibility index (Phi) is 4.22. The summed E-state index contributed by atoms with van der Waals surface area (Å²) in [6, 6.07) is 0. The van der Waals surface area contributed by atoms with Crippen molar-refractivity contribution in [2.24, 2.45) is 0 Å². The first-order chi connectivity index (χ1) is 6.34. The molecule has 0 aromatic rings. The fourth-order valence-corrected chi connectivity index (χ4v) is 1.29. The van der Waals surface area contributed by atoms with Gasteiger partial charge in [0.1, 0.15) is 0 Å². The predicted octanol–water partition coefficient (Wildman–Crippen LogP) is 3.78. The number of rotatable bonds is 2. The van der Waals surface area contributed by atoms with Crippen LogP contribution in [-0.2, 0) is 0 Å². The van der Waals surface area contributed by atoms with Gasteiger partial charge in [-0.15, -0.1) is 11.8 Å². The van der Waals surface area contributed by atoms with E-state index in [1.807, 2.05) is 0 Å². The molecule has 0 fully saturated rings. The van der Waals surface area contributed by atoms with Gasteiger partial charge in [-0.25, -0.2) is 0 Å². The van der Waals surface area contributed by atoms with Crippen molar-refractivity contribution in [1.29, 1.82) is 0 Å². The highest BCUT2D eigenvalue weighted by atomic mass is 32.2. The molecule has 0 bridgehead atoms. The van der Waals surface area contributed by atoms with Gasteiger partial charge < -0.3 is 0 Å². The molecule has 0 N–H and O–H groups in total. The molecule has 92 valence electrons. The van der Waals surface area contributed by atoms with Crippen LogP contribution in [0.2, 0.25) is 0 Å². The fourth-order valence-electron chi connectivity index (χ4n) is 0.552. The van der Waals surface area contributed by atoms with Crippen molar-refractivity contribution in [3.8, 4) is 0 Å². The molecule has 0 aliphatic heterocycles. The molecule has 0 atom stereocenters. The van der Waals surface area contributed by atoms with E-state index in [0.29, 0.717) is 0 Å². The average molecular weight is 266 g/mol. The van der Waals surface area contributed by atoms with Crippen LogP contribution in [0.25, 0.3) is 0 Å². The molecule has 0 rings (SSSR count). The van der Waals surface area contributed by atoms with E-state index in [4.69, 9.17) is 0 Å². The summed E-state index contributed by atoms with van der Waals surface area (Å²) in [5.41, 5.74) is 0. The standard InChI is InChI=1S/C5H3F9S/c6-3(7,8)1-15-2(4(9,10)11)5(12,13)14/h2H,1H2. The minimum Gasteiger partial charge on any atom is -0.170 e. The van der Waals surface area contributed by atoms with Crippen molar-refractivity contribution < 1.29 is 39.5 Å². The van der Waals surface area contributed by atoms with E-state index >= 15 is 0 Å². The van der Waals surface area contributed by atoms with Gasteiger partial charge in [-0.3, -0.25) is 0 Å². The van der Waals surface area contributed by atoms with Crippen molar-refractivity contribution in [3.63, 3.8) is 0 Å². The molecule has 0 aromatic carbocycles. The summed E-state index contributed by atoms with van der Waals surface area (Å²) in [6.45, 7) is 0. The fraction of sp³-hybridized carbons (Fsp3) is 1.00. The van der Waals surface area contributed by atoms with Gasteiger partial charge >= 0.3 is 18.5 Å². The third kappa shape index (κ3) is 6.00. The Labute approximate surface area is 81.8 Å². The van der Waals surface area contributed by atoms with E-state index in [1.165, 1.54) is 0 Å². The third-order valence-electron chi connectivity index (χ3n) is 1.01. The summed E-state index contributed by atoms with van der Waals surface area (Å²) < 4.78 is 104. The van der Waals surface area contributed by atoms with Gasteiger partial charge in [0.15, 0.2) is 5.25 Å². The number of hydrogen-bond donors (Lipinski definition) is 0. The van der Waals surface area contributed by atoms with Crippen molar-refractivity contribution in [2.75, 3.05) is 5.75 Å². The summed E-state index contributed by atoms with van der Waals surface area (Å²) in [5, 5.41) is -4.01. The summed E-state index contributed by atoms with van der Waals surface area (Å²) >= 11 is -1.23. The zero-order valence-electron chi connectivity index (χ0n) is 6.59. The molecule has 10 heteroatoms. The topological polar surface area (TPSA) is 0 Å². The molecular formula is C5H3F9S. The maximum atomic E-state index is 11.7. The van der Waals surface area contributed by atoms with Gasteiger partial charge in [0.2, 0.25) is 0 Å². The monoisotopic (exact) mass is 266 g/mol. The SMILES string of the molecule is FC(F)(F)CSC(C(F)(F)F)C(F)(F)F. The third-order valence-corrected chi connectivity index (χ3v) is 2.37. The van der Waals surface area contributed by atoms with E-state index in [1.54, 1.807) is 0 Å². The van der Waals surface area contributed by atoms with E-state index in [0.717, 1.165) is 0 Å². The molecule has 15 heavy (non-hydrogen) atoms. The minimum absolute atomic E-state index is 1.23. The maximum absolute atomic E-state index is 11.7. The lowest BCUT2D eigenvalue weighted by Crippen LogP contribution is -2.40. The Bertz CT molecular complexity index is 184. The Hall–Kier alpha value is -0.280. The molecule has 0 saturated heterocycles. The van der Waals surface area contributed by atoms with Gasteiger partial charge in [0.25, 0.3) is 0 Å². The zero-order valence-corrected chi connectivity index (χ0v) is 7.41. The molecule has 0 aliphatic rings. The molecule has 0 saturated carbocycles. The van der Waals surface area contributed by atoms with Crippen LogP contribution >= 0.6 is 11.8 Å². The van der Waals surface area contributed by atoms with Crippen LogP contribution in [-0.4, -0.2) is 29.5 Å². The first kappa shape index (κ1) is 14.7. The van der Waals surface area contributed by atoms with Gasteiger partial charge in [0.05, 0.1) is 5.75 Å². The van der Waals surface area contributed by atoms with Crippen LogP contribution in [0.3, 0.4) is 0 Å². The second-order valence-electron chi connectivity index (χ2n) is 2.39. The van der Waals surface area contributed by atoms with E-state index in [9.17, 15) is 39.5 Å². The van der Waals surface area contributed by atoms with Crippen LogP contribution < -0.4 is 0 Å². The van der Waals surface area contributed by atoms with Gasteiger partial charge in [0, 0.05) is 0 Å².